The smallest absolute Gasteiger partial charge is 0.538 e. The van der Waals surface area contributed by atoms with E-state index in [1.165, 1.54) is 13.2 Å². The molecule has 1 aromatic carbocycles. The molecule has 4 heteroatoms. The van der Waals surface area contributed by atoms with Crippen molar-refractivity contribution in [2.24, 2.45) is 0 Å². The van der Waals surface area contributed by atoms with Gasteiger partial charge in [0.05, 0.1) is 6.26 Å². The van der Waals surface area contributed by atoms with Crippen LogP contribution in [0.5, 0.6) is 0 Å². The first-order valence-corrected chi connectivity index (χ1v) is 4.34. The zero-order valence-corrected chi connectivity index (χ0v) is 7.73. The molecule has 3 nitrogen and oxygen atoms in total. The molecule has 2 rings (SSSR count). The SMILES string of the molecule is CC(=O)c1cccc2c1B(O)OC=C2. The third kappa shape index (κ3) is 1.34. The maximum Gasteiger partial charge on any atom is 0.561 e. The summed E-state index contributed by atoms with van der Waals surface area (Å²) >= 11 is 0. The maximum absolute atomic E-state index is 11.3. The number of rotatable bonds is 1. The molecule has 1 aromatic rings. The summed E-state index contributed by atoms with van der Waals surface area (Å²) in [4.78, 5) is 11.3. The molecule has 0 amide bonds. The van der Waals surface area contributed by atoms with Crippen molar-refractivity contribution < 1.29 is 14.5 Å². The second-order valence-corrected chi connectivity index (χ2v) is 3.16. The number of Topliss-reactive ketones (excluding diaryl/α,β-unsaturated/α-hetero) is 1. The Hall–Kier alpha value is -1.55. The molecule has 0 radical (unpaired) electrons. The largest absolute Gasteiger partial charge is 0.561 e. The van der Waals surface area contributed by atoms with Crippen LogP contribution >= 0.6 is 0 Å². The maximum atomic E-state index is 11.3. The lowest BCUT2D eigenvalue weighted by molar-refractivity contribution is 0.101. The molecule has 1 aliphatic rings. The highest BCUT2D eigenvalue weighted by atomic mass is 16.5. The van der Waals surface area contributed by atoms with Crippen molar-refractivity contribution >= 4 is 24.4 Å². The fraction of sp³-hybridized carbons (Fsp3) is 0.100. The van der Waals surface area contributed by atoms with Gasteiger partial charge in [-0.25, -0.2) is 0 Å². The van der Waals surface area contributed by atoms with Crippen molar-refractivity contribution in [3.8, 4) is 0 Å². The average Bonchev–Trinajstić information content (AvgIpc) is 2.17. The number of carbonyl (C=O) groups excluding carboxylic acids is 1. The van der Waals surface area contributed by atoms with Gasteiger partial charge in [-0.15, -0.1) is 0 Å². The minimum atomic E-state index is -1.03. The number of hydrogen-bond acceptors (Lipinski definition) is 3. The Morgan fingerprint density at radius 1 is 1.50 bits per heavy atom. The minimum Gasteiger partial charge on any atom is -0.538 e. The molecule has 0 spiro atoms. The summed E-state index contributed by atoms with van der Waals surface area (Å²) in [6.07, 6.45) is 3.16. The van der Waals surface area contributed by atoms with Gasteiger partial charge in [-0.3, -0.25) is 4.79 Å². The molecule has 0 unspecified atom stereocenters. The second kappa shape index (κ2) is 3.31. The lowest BCUT2D eigenvalue weighted by Gasteiger charge is -2.16. The fourth-order valence-corrected chi connectivity index (χ4v) is 1.57. The van der Waals surface area contributed by atoms with E-state index < -0.39 is 7.12 Å². The Labute approximate surface area is 82.2 Å². The van der Waals surface area contributed by atoms with Crippen molar-refractivity contribution in [2.45, 2.75) is 6.92 Å². The van der Waals surface area contributed by atoms with Crippen molar-refractivity contribution in [1.82, 2.24) is 0 Å². The first-order chi connectivity index (χ1) is 6.70. The predicted molar refractivity (Wildman–Crippen MR) is 54.2 cm³/mol. The Morgan fingerprint density at radius 2 is 2.29 bits per heavy atom. The number of carbonyl (C=O) groups is 1. The molecule has 0 saturated heterocycles. The van der Waals surface area contributed by atoms with Crippen LogP contribution in [0.3, 0.4) is 0 Å². The van der Waals surface area contributed by atoms with E-state index >= 15 is 0 Å². The first-order valence-electron chi connectivity index (χ1n) is 4.34. The van der Waals surface area contributed by atoms with Crippen LogP contribution in [0.2, 0.25) is 0 Å². The molecule has 0 aliphatic carbocycles. The normalized spacial score (nSPS) is 13.4. The Balaban J connectivity index is 2.64. The lowest BCUT2D eigenvalue weighted by atomic mass is 9.71. The van der Waals surface area contributed by atoms with E-state index in [9.17, 15) is 9.82 Å². The van der Waals surface area contributed by atoms with Crippen molar-refractivity contribution in [3.63, 3.8) is 0 Å². The van der Waals surface area contributed by atoms with Crippen LogP contribution in [0.25, 0.3) is 6.08 Å². The Kier molecular flexibility index (Phi) is 2.13. The molecule has 14 heavy (non-hydrogen) atoms. The number of fused-ring (bicyclic) bond motifs is 1. The molecule has 70 valence electrons. The topological polar surface area (TPSA) is 46.5 Å². The van der Waals surface area contributed by atoms with Gasteiger partial charge in [0.2, 0.25) is 0 Å². The molecule has 1 N–H and O–H groups in total. The summed E-state index contributed by atoms with van der Waals surface area (Å²) in [5.74, 6) is -0.0696. The van der Waals surface area contributed by atoms with Gasteiger partial charge in [-0.2, -0.15) is 0 Å². The van der Waals surface area contributed by atoms with E-state index in [0.29, 0.717) is 11.0 Å². The molecule has 1 aliphatic heterocycles. The van der Waals surface area contributed by atoms with Gasteiger partial charge in [0, 0.05) is 11.0 Å². The molecule has 1 heterocycles. The molecule has 0 saturated carbocycles. The average molecular weight is 188 g/mol. The van der Waals surface area contributed by atoms with Gasteiger partial charge in [-0.1, -0.05) is 18.2 Å². The van der Waals surface area contributed by atoms with Crippen LogP contribution in [0.4, 0.5) is 0 Å². The second-order valence-electron chi connectivity index (χ2n) is 3.16. The van der Waals surface area contributed by atoms with Gasteiger partial charge in [0.1, 0.15) is 0 Å². The van der Waals surface area contributed by atoms with E-state index in [1.807, 2.05) is 6.07 Å². The predicted octanol–water partition coefficient (Wildman–Crippen LogP) is 0.578. The zero-order chi connectivity index (χ0) is 10.1. The summed E-state index contributed by atoms with van der Waals surface area (Å²) in [7, 11) is -1.03. The van der Waals surface area contributed by atoms with E-state index in [4.69, 9.17) is 4.65 Å². The highest BCUT2D eigenvalue weighted by molar-refractivity contribution is 6.63. The van der Waals surface area contributed by atoms with E-state index in [2.05, 4.69) is 0 Å². The standard InChI is InChI=1S/C10H9BO3/c1-7(12)9-4-2-3-8-5-6-14-11(13)10(8)9/h2-6,13H,1H3. The van der Waals surface area contributed by atoms with Crippen LogP contribution in [-0.4, -0.2) is 17.9 Å². The van der Waals surface area contributed by atoms with Gasteiger partial charge < -0.3 is 9.68 Å². The van der Waals surface area contributed by atoms with Crippen LogP contribution in [0.1, 0.15) is 22.8 Å². The molecule has 0 aromatic heterocycles. The number of hydrogen-bond donors (Lipinski definition) is 1. The van der Waals surface area contributed by atoms with Crippen molar-refractivity contribution in [1.29, 1.82) is 0 Å². The fourth-order valence-electron chi connectivity index (χ4n) is 1.57. The van der Waals surface area contributed by atoms with E-state index in [1.54, 1.807) is 18.2 Å². The number of benzene rings is 1. The van der Waals surface area contributed by atoms with Gasteiger partial charge in [0.25, 0.3) is 0 Å². The van der Waals surface area contributed by atoms with Gasteiger partial charge in [0.15, 0.2) is 5.78 Å². The molecular weight excluding hydrogens is 179 g/mol. The lowest BCUT2D eigenvalue weighted by Crippen LogP contribution is -2.39. The summed E-state index contributed by atoms with van der Waals surface area (Å²) in [6.45, 7) is 1.47. The molecule has 0 atom stereocenters. The summed E-state index contributed by atoms with van der Waals surface area (Å²) in [6, 6.07) is 5.31. The molecule has 0 fully saturated rings. The molecular formula is C10H9BO3. The molecule has 0 bridgehead atoms. The third-order valence-corrected chi connectivity index (χ3v) is 2.22. The van der Waals surface area contributed by atoms with E-state index in [0.717, 1.165) is 5.56 Å². The third-order valence-electron chi connectivity index (χ3n) is 2.22. The van der Waals surface area contributed by atoms with Crippen LogP contribution in [0.15, 0.2) is 24.5 Å². The van der Waals surface area contributed by atoms with Gasteiger partial charge in [-0.05, 0) is 18.6 Å². The Morgan fingerprint density at radius 3 is 3.00 bits per heavy atom. The first kappa shape index (κ1) is 9.03. The van der Waals surface area contributed by atoms with Crippen LogP contribution in [0, 0.1) is 0 Å². The monoisotopic (exact) mass is 188 g/mol. The Bertz CT molecular complexity index is 412. The van der Waals surface area contributed by atoms with Crippen LogP contribution < -0.4 is 5.46 Å². The van der Waals surface area contributed by atoms with Crippen molar-refractivity contribution in [2.75, 3.05) is 0 Å². The minimum absolute atomic E-state index is 0.0696. The van der Waals surface area contributed by atoms with Gasteiger partial charge >= 0.3 is 7.12 Å². The van der Waals surface area contributed by atoms with Crippen LogP contribution in [-0.2, 0) is 4.65 Å². The zero-order valence-electron chi connectivity index (χ0n) is 7.73. The summed E-state index contributed by atoms with van der Waals surface area (Å²) < 4.78 is 4.92. The highest BCUT2D eigenvalue weighted by Crippen LogP contribution is 2.11. The van der Waals surface area contributed by atoms with Crippen molar-refractivity contribution in [3.05, 3.63) is 35.6 Å². The summed E-state index contributed by atoms with van der Waals surface area (Å²) in [5.41, 5.74) is 1.90. The quantitative estimate of drug-likeness (QED) is 0.517. The highest BCUT2D eigenvalue weighted by Gasteiger charge is 2.27. The summed E-state index contributed by atoms with van der Waals surface area (Å²) in [5, 5.41) is 9.57. The number of ketones is 1. The van der Waals surface area contributed by atoms with E-state index in [-0.39, 0.29) is 5.78 Å².